The largest absolute Gasteiger partial charge is 0.480 e. The van der Waals surface area contributed by atoms with Gasteiger partial charge in [0.1, 0.15) is 6.04 Å². The zero-order chi connectivity index (χ0) is 16.0. The van der Waals surface area contributed by atoms with E-state index in [1.54, 1.807) is 19.1 Å². The number of hydrogen-bond acceptors (Lipinski definition) is 3. The third kappa shape index (κ3) is 5.30. The lowest BCUT2D eigenvalue weighted by molar-refractivity contribution is -0.139. The van der Waals surface area contributed by atoms with Gasteiger partial charge in [0.05, 0.1) is 15.7 Å². The van der Waals surface area contributed by atoms with E-state index in [0.29, 0.717) is 17.2 Å². The highest BCUT2D eigenvalue weighted by atomic mass is 35.5. The molecule has 0 saturated carbocycles. The van der Waals surface area contributed by atoms with E-state index in [4.69, 9.17) is 28.3 Å². The molecule has 0 aromatic heterocycles. The van der Waals surface area contributed by atoms with Crippen LogP contribution >= 0.6 is 35.0 Å². The number of rotatable bonds is 6. The van der Waals surface area contributed by atoms with Crippen molar-refractivity contribution in [1.29, 1.82) is 0 Å². The Labute approximate surface area is 137 Å². The Morgan fingerprint density at radius 2 is 2.05 bits per heavy atom. The van der Waals surface area contributed by atoms with Crippen molar-refractivity contribution in [2.45, 2.75) is 19.4 Å². The second-order valence-corrected chi connectivity index (χ2v) is 6.09. The van der Waals surface area contributed by atoms with Gasteiger partial charge < -0.3 is 15.7 Å². The van der Waals surface area contributed by atoms with E-state index in [1.165, 1.54) is 11.8 Å². The van der Waals surface area contributed by atoms with Crippen LogP contribution in [0.5, 0.6) is 0 Å². The summed E-state index contributed by atoms with van der Waals surface area (Å²) in [6, 6.07) is 1.73. The molecular formula is C13H16Cl2N2O3S. The molecular weight excluding hydrogens is 335 g/mol. The van der Waals surface area contributed by atoms with Gasteiger partial charge in [0.15, 0.2) is 0 Å². The lowest BCUT2D eigenvalue weighted by Gasteiger charge is -2.16. The average molecular weight is 351 g/mol. The molecule has 116 valence electrons. The van der Waals surface area contributed by atoms with Crippen molar-refractivity contribution in [2.24, 2.45) is 0 Å². The predicted octanol–water partition coefficient (Wildman–Crippen LogP) is 3.63. The number of carbonyl (C=O) groups excluding carboxylic acids is 1. The molecule has 1 aromatic carbocycles. The number of amides is 2. The minimum absolute atomic E-state index is 0.268. The molecule has 0 saturated heterocycles. The molecule has 0 spiro atoms. The number of aryl methyl sites for hydroxylation is 1. The Morgan fingerprint density at radius 3 is 2.62 bits per heavy atom. The second kappa shape index (κ2) is 8.36. The number of benzene rings is 1. The molecule has 5 nitrogen and oxygen atoms in total. The van der Waals surface area contributed by atoms with Crippen LogP contribution in [0.4, 0.5) is 10.5 Å². The minimum atomic E-state index is -1.08. The summed E-state index contributed by atoms with van der Waals surface area (Å²) in [5.41, 5.74) is 1.03. The van der Waals surface area contributed by atoms with Crippen molar-refractivity contribution in [1.82, 2.24) is 5.32 Å². The van der Waals surface area contributed by atoms with Gasteiger partial charge in [0.2, 0.25) is 0 Å². The molecule has 0 unspecified atom stereocenters. The Bertz CT molecular complexity index is 540. The smallest absolute Gasteiger partial charge is 0.326 e. The first kappa shape index (κ1) is 17.9. The van der Waals surface area contributed by atoms with E-state index in [2.05, 4.69) is 10.6 Å². The molecule has 0 radical (unpaired) electrons. The number of thioether (sulfide) groups is 1. The van der Waals surface area contributed by atoms with Crippen LogP contribution < -0.4 is 10.6 Å². The molecule has 0 aliphatic rings. The Morgan fingerprint density at radius 1 is 1.38 bits per heavy atom. The molecule has 0 heterocycles. The van der Waals surface area contributed by atoms with Crippen LogP contribution in [0.25, 0.3) is 0 Å². The summed E-state index contributed by atoms with van der Waals surface area (Å²) in [6.07, 6.45) is 2.20. The van der Waals surface area contributed by atoms with Crippen LogP contribution in [0.3, 0.4) is 0 Å². The Hall–Kier alpha value is -1.11. The predicted molar refractivity (Wildman–Crippen MR) is 87.8 cm³/mol. The summed E-state index contributed by atoms with van der Waals surface area (Å²) >= 11 is 13.6. The molecule has 0 aliphatic carbocycles. The van der Waals surface area contributed by atoms with Crippen molar-refractivity contribution >= 4 is 52.7 Å². The monoisotopic (exact) mass is 350 g/mol. The summed E-state index contributed by atoms with van der Waals surface area (Å²) in [6.45, 7) is 1.78. The summed E-state index contributed by atoms with van der Waals surface area (Å²) < 4.78 is 0. The topological polar surface area (TPSA) is 78.4 Å². The zero-order valence-corrected chi connectivity index (χ0v) is 13.9. The molecule has 1 atom stereocenters. The molecule has 1 aromatic rings. The molecule has 0 bridgehead atoms. The van der Waals surface area contributed by atoms with Crippen molar-refractivity contribution in [3.05, 3.63) is 27.7 Å². The van der Waals surface area contributed by atoms with Gasteiger partial charge in [-0.1, -0.05) is 29.3 Å². The number of urea groups is 1. The molecule has 1 rings (SSSR count). The fraction of sp³-hybridized carbons (Fsp3) is 0.385. The standard InChI is InChI=1S/C13H16Cl2N2O3S/c1-7-3-4-8(14)11(10(7)15)17-13(20)16-9(12(18)19)5-6-21-2/h3-4,9H,5-6H2,1-2H3,(H,18,19)(H2,16,17,20)/t9-/m0/s1. The van der Waals surface area contributed by atoms with Crippen molar-refractivity contribution in [3.63, 3.8) is 0 Å². The maximum Gasteiger partial charge on any atom is 0.326 e. The number of nitrogens with one attached hydrogen (secondary N) is 2. The first-order valence-corrected chi connectivity index (χ1v) is 8.25. The van der Waals surface area contributed by atoms with Gasteiger partial charge in [-0.15, -0.1) is 0 Å². The Balaban J connectivity index is 2.77. The molecule has 8 heteroatoms. The first-order valence-electron chi connectivity index (χ1n) is 6.10. The van der Waals surface area contributed by atoms with Crippen LogP contribution in [-0.2, 0) is 4.79 Å². The molecule has 2 amide bonds. The fourth-order valence-electron chi connectivity index (χ4n) is 1.57. The van der Waals surface area contributed by atoms with Gasteiger partial charge in [-0.25, -0.2) is 9.59 Å². The number of aliphatic carboxylic acids is 1. The maximum atomic E-state index is 11.9. The van der Waals surface area contributed by atoms with Crippen molar-refractivity contribution in [2.75, 3.05) is 17.3 Å². The molecule has 0 aliphatic heterocycles. The van der Waals surface area contributed by atoms with E-state index in [0.717, 1.165) is 5.56 Å². The van der Waals surface area contributed by atoms with Crippen LogP contribution in [0.15, 0.2) is 12.1 Å². The molecule has 3 N–H and O–H groups in total. The second-order valence-electron chi connectivity index (χ2n) is 4.32. The number of carbonyl (C=O) groups is 2. The summed E-state index contributed by atoms with van der Waals surface area (Å²) in [5.74, 6) is -0.455. The Kier molecular flexibility index (Phi) is 7.14. The normalized spacial score (nSPS) is 11.8. The van der Waals surface area contributed by atoms with Crippen LogP contribution in [0.1, 0.15) is 12.0 Å². The number of anilines is 1. The van der Waals surface area contributed by atoms with E-state index in [-0.39, 0.29) is 10.7 Å². The molecule has 21 heavy (non-hydrogen) atoms. The number of halogens is 2. The third-order valence-electron chi connectivity index (χ3n) is 2.74. The highest BCUT2D eigenvalue weighted by molar-refractivity contribution is 7.98. The van der Waals surface area contributed by atoms with Crippen molar-refractivity contribution in [3.8, 4) is 0 Å². The first-order chi connectivity index (χ1) is 9.86. The maximum absolute atomic E-state index is 11.9. The van der Waals surface area contributed by atoms with E-state index >= 15 is 0 Å². The summed E-state index contributed by atoms with van der Waals surface area (Å²) in [7, 11) is 0. The van der Waals surface area contributed by atoms with Gasteiger partial charge in [-0.2, -0.15) is 11.8 Å². The number of hydrogen-bond donors (Lipinski definition) is 3. The number of carboxylic acids is 1. The van der Waals surface area contributed by atoms with E-state index < -0.39 is 18.0 Å². The lowest BCUT2D eigenvalue weighted by Crippen LogP contribution is -2.43. The van der Waals surface area contributed by atoms with Gasteiger partial charge in [-0.05, 0) is 37.0 Å². The van der Waals surface area contributed by atoms with Crippen molar-refractivity contribution < 1.29 is 14.7 Å². The lowest BCUT2D eigenvalue weighted by atomic mass is 10.2. The van der Waals surface area contributed by atoms with Crippen LogP contribution in [0.2, 0.25) is 10.0 Å². The van der Waals surface area contributed by atoms with Crippen LogP contribution in [0, 0.1) is 6.92 Å². The summed E-state index contributed by atoms with van der Waals surface area (Å²) in [5, 5.41) is 14.6. The van der Waals surface area contributed by atoms with Gasteiger partial charge in [0.25, 0.3) is 0 Å². The average Bonchev–Trinajstić information content (AvgIpc) is 2.43. The minimum Gasteiger partial charge on any atom is -0.480 e. The highest BCUT2D eigenvalue weighted by Gasteiger charge is 2.20. The fourth-order valence-corrected chi connectivity index (χ4v) is 2.51. The van der Waals surface area contributed by atoms with Gasteiger partial charge >= 0.3 is 12.0 Å². The van der Waals surface area contributed by atoms with E-state index in [9.17, 15) is 9.59 Å². The van der Waals surface area contributed by atoms with Gasteiger partial charge in [-0.3, -0.25) is 0 Å². The van der Waals surface area contributed by atoms with Gasteiger partial charge in [0, 0.05) is 0 Å². The molecule has 0 fully saturated rings. The quantitative estimate of drug-likeness (QED) is 0.731. The third-order valence-corrected chi connectivity index (χ3v) is 4.18. The number of carboxylic acid groups (broad SMARTS) is 1. The van der Waals surface area contributed by atoms with Crippen LogP contribution in [-0.4, -0.2) is 35.2 Å². The summed E-state index contributed by atoms with van der Waals surface area (Å²) in [4.78, 5) is 23.0. The van der Waals surface area contributed by atoms with E-state index in [1.807, 2.05) is 6.26 Å². The highest BCUT2D eigenvalue weighted by Crippen LogP contribution is 2.32. The SMILES string of the molecule is CSCC[C@H](NC(=O)Nc1c(Cl)ccc(C)c1Cl)C(=O)O. The zero-order valence-electron chi connectivity index (χ0n) is 11.6.